The molecule has 2 aromatic carbocycles. The number of hydrogen-bond acceptors (Lipinski definition) is 6. The van der Waals surface area contributed by atoms with Crippen LogP contribution in [0, 0.1) is 0 Å². The normalized spacial score (nSPS) is 12.0. The molecule has 0 aromatic heterocycles. The van der Waals surface area contributed by atoms with Gasteiger partial charge in [-0.2, -0.15) is 8.42 Å². The quantitative estimate of drug-likeness (QED) is 0.462. The predicted octanol–water partition coefficient (Wildman–Crippen LogP) is 1.81. The number of carboxylic acid groups (broad SMARTS) is 1. The van der Waals surface area contributed by atoms with E-state index in [-0.39, 0.29) is 10.9 Å². The molecular formula is C17H20O7S2. The molecule has 0 fully saturated rings. The first-order valence-corrected chi connectivity index (χ1v) is 10.7. The molecule has 1 unspecified atom stereocenters. The zero-order valence-electron chi connectivity index (χ0n) is 14.5. The Morgan fingerprint density at radius 2 is 1.50 bits per heavy atom. The first-order valence-electron chi connectivity index (χ1n) is 7.27. The average Bonchev–Trinajstić information content (AvgIpc) is 2.60. The highest BCUT2D eigenvalue weighted by Crippen LogP contribution is 2.26. The van der Waals surface area contributed by atoms with E-state index < -0.39 is 22.7 Å². The Balaban J connectivity index is 0.000000487. The van der Waals surface area contributed by atoms with Crippen molar-refractivity contribution in [3.63, 3.8) is 0 Å². The van der Waals surface area contributed by atoms with Crippen LogP contribution in [0.25, 0.3) is 0 Å². The van der Waals surface area contributed by atoms with E-state index in [1.54, 1.807) is 0 Å². The third kappa shape index (κ3) is 7.87. The Hall–Kier alpha value is -2.07. The van der Waals surface area contributed by atoms with E-state index in [0.29, 0.717) is 0 Å². The molecule has 0 aliphatic heterocycles. The van der Waals surface area contributed by atoms with Crippen LogP contribution < -0.4 is 5.11 Å². The van der Waals surface area contributed by atoms with Gasteiger partial charge in [0.1, 0.15) is 12.5 Å². The minimum Gasteiger partial charge on any atom is -0.537 e. The van der Waals surface area contributed by atoms with Crippen LogP contribution in [-0.2, 0) is 30.2 Å². The molecule has 0 amide bonds. The van der Waals surface area contributed by atoms with Gasteiger partial charge >= 0.3 is 10.4 Å². The van der Waals surface area contributed by atoms with Crippen molar-refractivity contribution in [1.82, 2.24) is 0 Å². The fourth-order valence-electron chi connectivity index (χ4n) is 1.97. The molecule has 0 saturated heterocycles. The Labute approximate surface area is 155 Å². The van der Waals surface area contributed by atoms with Crippen LogP contribution in [0.4, 0.5) is 4.79 Å². The molecule has 142 valence electrons. The van der Waals surface area contributed by atoms with Crippen molar-refractivity contribution in [3.8, 4) is 0 Å². The number of ether oxygens (including phenoxy) is 1. The Morgan fingerprint density at radius 1 is 1.04 bits per heavy atom. The highest BCUT2D eigenvalue weighted by atomic mass is 32.3. The third-order valence-electron chi connectivity index (χ3n) is 3.18. The van der Waals surface area contributed by atoms with Crippen LogP contribution in [0.2, 0.25) is 0 Å². The molecule has 0 aliphatic rings. The van der Waals surface area contributed by atoms with Crippen molar-refractivity contribution < 1.29 is 31.8 Å². The minimum atomic E-state index is -4.16. The lowest BCUT2D eigenvalue weighted by atomic mass is 10.0. The van der Waals surface area contributed by atoms with E-state index in [1.165, 1.54) is 4.90 Å². The molecule has 2 rings (SSSR count). The van der Waals surface area contributed by atoms with Crippen LogP contribution in [0.1, 0.15) is 17.2 Å². The maximum Gasteiger partial charge on any atom is 0.397 e. The van der Waals surface area contributed by atoms with E-state index in [0.717, 1.165) is 18.2 Å². The smallest absolute Gasteiger partial charge is 0.397 e. The first kappa shape index (κ1) is 22.0. The van der Waals surface area contributed by atoms with Crippen molar-refractivity contribution in [3.05, 3.63) is 65.7 Å². The average molecular weight is 400 g/mol. The molecule has 0 bridgehead atoms. The molecule has 0 radical (unpaired) electrons. The van der Waals surface area contributed by atoms with Gasteiger partial charge in [0, 0.05) is 10.9 Å². The lowest BCUT2D eigenvalue weighted by Crippen LogP contribution is -2.26. The maximum absolute atomic E-state index is 10.8. The van der Waals surface area contributed by atoms with Gasteiger partial charge in [-0.15, -0.1) is 0 Å². The molecule has 0 saturated carbocycles. The fraction of sp³-hybridized carbons (Fsp3) is 0.235. The zero-order valence-corrected chi connectivity index (χ0v) is 16.1. The first-order chi connectivity index (χ1) is 12.1. The van der Waals surface area contributed by atoms with Gasteiger partial charge in [0.25, 0.3) is 6.16 Å². The van der Waals surface area contributed by atoms with Crippen molar-refractivity contribution in [2.75, 3.05) is 19.6 Å². The molecule has 9 heteroatoms. The van der Waals surface area contributed by atoms with Gasteiger partial charge in [-0.25, -0.2) is 0 Å². The largest absolute Gasteiger partial charge is 0.537 e. The lowest BCUT2D eigenvalue weighted by molar-refractivity contribution is -0.286. The Kier molecular flexibility index (Phi) is 8.59. The van der Waals surface area contributed by atoms with E-state index in [4.69, 9.17) is 9.29 Å². The van der Waals surface area contributed by atoms with Gasteiger partial charge in [-0.1, -0.05) is 42.5 Å². The Bertz CT molecular complexity index is 788. The fourth-order valence-corrected chi connectivity index (χ4v) is 2.65. The second-order valence-corrected chi connectivity index (χ2v) is 8.43. The summed E-state index contributed by atoms with van der Waals surface area (Å²) in [6, 6.07) is 17.1. The molecule has 0 spiro atoms. The summed E-state index contributed by atoms with van der Waals surface area (Å²) in [5.74, 6) is 0. The molecule has 1 atom stereocenters. The van der Waals surface area contributed by atoms with Gasteiger partial charge in [-0.3, -0.25) is 8.74 Å². The third-order valence-corrected chi connectivity index (χ3v) is 4.82. The highest BCUT2D eigenvalue weighted by molar-refractivity contribution is 7.95. The summed E-state index contributed by atoms with van der Waals surface area (Å²) < 4.78 is 34.6. The summed E-state index contributed by atoms with van der Waals surface area (Å²) in [6.07, 6.45) is 2.11. The monoisotopic (exact) mass is 400 g/mol. The summed E-state index contributed by atoms with van der Waals surface area (Å²) in [5, 5.41) is 10.8. The summed E-state index contributed by atoms with van der Waals surface area (Å²) in [7, 11) is -3.12. The topological polar surface area (TPSA) is 113 Å². The van der Waals surface area contributed by atoms with Crippen molar-refractivity contribution in [1.29, 1.82) is 0 Å². The van der Waals surface area contributed by atoms with E-state index in [2.05, 4.69) is 16.7 Å². The molecule has 1 N–H and O–H groups in total. The summed E-state index contributed by atoms with van der Waals surface area (Å²) in [6.45, 7) is 0. The predicted molar refractivity (Wildman–Crippen MR) is 97.2 cm³/mol. The van der Waals surface area contributed by atoms with Crippen molar-refractivity contribution in [2.24, 2.45) is 0 Å². The van der Waals surface area contributed by atoms with E-state index >= 15 is 0 Å². The molecule has 26 heavy (non-hydrogen) atoms. The van der Waals surface area contributed by atoms with Gasteiger partial charge in [0.2, 0.25) is 0 Å². The molecular weight excluding hydrogens is 380 g/mol. The van der Waals surface area contributed by atoms with Gasteiger partial charge in [0.05, 0.1) is 13.2 Å². The second kappa shape index (κ2) is 10.2. The summed E-state index contributed by atoms with van der Waals surface area (Å²) in [4.78, 5) is 12.0. The van der Waals surface area contributed by atoms with Crippen molar-refractivity contribution >= 4 is 27.4 Å². The molecule has 7 nitrogen and oxygen atoms in total. The van der Waals surface area contributed by atoms with E-state index in [1.807, 2.05) is 54.6 Å². The van der Waals surface area contributed by atoms with Crippen LogP contribution in [-0.4, -0.2) is 38.7 Å². The molecule has 0 aliphatic carbocycles. The van der Waals surface area contributed by atoms with Crippen LogP contribution in [0.5, 0.6) is 0 Å². The number of carbonyl (C=O) groups is 1. The summed E-state index contributed by atoms with van der Waals surface area (Å²) in [5.41, 5.74) is 1.59. The lowest BCUT2D eigenvalue weighted by Gasteiger charge is -2.23. The van der Waals surface area contributed by atoms with Gasteiger partial charge in [0.15, 0.2) is 4.90 Å². The standard InChI is InChI=1S/C16H16O3S.CH4O4S/c1-20(2)14-10-8-13(9-11-14)15(19-16(17)18)12-6-4-3-5-7-12;1-5-6(2,3)4/h3-11,15H,1-2H3;1H3,(H,2,3,4). The number of hydrogen-bond donors (Lipinski definition) is 1. The molecule has 2 aromatic rings. The van der Waals surface area contributed by atoms with Crippen molar-refractivity contribution in [2.45, 2.75) is 11.0 Å². The number of benzene rings is 2. The van der Waals surface area contributed by atoms with Gasteiger partial charge < -0.3 is 14.6 Å². The second-order valence-electron chi connectivity index (χ2n) is 5.14. The minimum absolute atomic E-state index is 0.175. The van der Waals surface area contributed by atoms with E-state index in [9.17, 15) is 18.3 Å². The Morgan fingerprint density at radius 3 is 1.88 bits per heavy atom. The number of carbonyl (C=O) groups excluding carboxylic acids is 1. The van der Waals surface area contributed by atoms with Gasteiger partial charge in [-0.05, 0) is 23.3 Å². The molecule has 0 heterocycles. The van der Waals surface area contributed by atoms with Crippen LogP contribution in [0.15, 0.2) is 59.5 Å². The van der Waals surface area contributed by atoms with Crippen LogP contribution >= 0.6 is 0 Å². The number of rotatable bonds is 5. The maximum atomic E-state index is 10.8. The zero-order chi connectivity index (χ0) is 19.7. The SMILES string of the molecule is COS(=O)(=O)O.C[S+](C)c1ccc(C(OC(=O)[O-])c2ccccc2)cc1. The summed E-state index contributed by atoms with van der Waals surface area (Å²) >= 11 is 0. The van der Waals surface area contributed by atoms with Crippen LogP contribution in [0.3, 0.4) is 0 Å². The highest BCUT2D eigenvalue weighted by Gasteiger charge is 2.15.